The molecule has 0 unspecified atom stereocenters. The molecule has 0 aliphatic carbocycles. The molecule has 2 aromatic rings. The second-order valence-corrected chi connectivity index (χ2v) is 4.80. The van der Waals surface area contributed by atoms with Gasteiger partial charge in [-0.05, 0) is 42.8 Å². The van der Waals surface area contributed by atoms with Crippen LogP contribution in [0.4, 0.5) is 21.9 Å². The van der Waals surface area contributed by atoms with Crippen LogP contribution in [0.1, 0.15) is 19.8 Å². The maximum absolute atomic E-state index is 11.6. The predicted molar refractivity (Wildman–Crippen MR) is 88.1 cm³/mol. The van der Waals surface area contributed by atoms with Crippen molar-refractivity contribution in [3.8, 4) is 0 Å². The lowest BCUT2D eigenvalue weighted by Gasteiger charge is -2.09. The quantitative estimate of drug-likeness (QED) is 0.690. The fraction of sp³-hybridized carbons (Fsp3) is 0.235. The largest absolute Gasteiger partial charge is 0.356 e. The summed E-state index contributed by atoms with van der Waals surface area (Å²) >= 11 is 0. The highest BCUT2D eigenvalue weighted by atomic mass is 16.2. The van der Waals surface area contributed by atoms with Crippen LogP contribution in [0, 0.1) is 0 Å². The van der Waals surface area contributed by atoms with Gasteiger partial charge >= 0.3 is 6.03 Å². The van der Waals surface area contributed by atoms with Crippen molar-refractivity contribution in [2.45, 2.75) is 19.8 Å². The number of anilines is 3. The number of unbranched alkanes of at least 4 members (excludes halogenated alkanes) is 1. The van der Waals surface area contributed by atoms with Gasteiger partial charge < -0.3 is 16.0 Å². The Morgan fingerprint density at radius 1 is 0.905 bits per heavy atom. The maximum Gasteiger partial charge on any atom is 0.319 e. The molecule has 0 radical (unpaired) electrons. The number of carbonyl (C=O) groups is 1. The lowest BCUT2D eigenvalue weighted by atomic mass is 10.2. The molecule has 0 fully saturated rings. The van der Waals surface area contributed by atoms with E-state index in [1.54, 1.807) is 0 Å². The van der Waals surface area contributed by atoms with Gasteiger partial charge in [0, 0.05) is 23.6 Å². The SMILES string of the molecule is CCCCNC(=O)Nc1ccc(Nc2ccccc2)cc1. The number of para-hydroxylation sites is 1. The molecule has 0 aromatic heterocycles. The van der Waals surface area contributed by atoms with Crippen molar-refractivity contribution in [3.63, 3.8) is 0 Å². The third kappa shape index (κ3) is 5.18. The summed E-state index contributed by atoms with van der Waals surface area (Å²) in [4.78, 5) is 11.6. The number of rotatable bonds is 6. The Labute approximate surface area is 125 Å². The summed E-state index contributed by atoms with van der Waals surface area (Å²) in [6.07, 6.45) is 2.06. The number of hydrogen-bond donors (Lipinski definition) is 3. The van der Waals surface area contributed by atoms with E-state index in [1.807, 2.05) is 54.6 Å². The number of nitrogens with one attached hydrogen (secondary N) is 3. The molecule has 2 rings (SSSR count). The van der Waals surface area contributed by atoms with Gasteiger partial charge in [0.15, 0.2) is 0 Å². The Kier molecular flexibility index (Phi) is 5.64. The molecule has 2 amide bonds. The summed E-state index contributed by atoms with van der Waals surface area (Å²) in [5, 5.41) is 8.93. The van der Waals surface area contributed by atoms with Gasteiger partial charge in [-0.25, -0.2) is 4.79 Å². The minimum atomic E-state index is -0.160. The first-order valence-electron chi connectivity index (χ1n) is 7.25. The smallest absolute Gasteiger partial charge is 0.319 e. The van der Waals surface area contributed by atoms with E-state index in [0.717, 1.165) is 29.9 Å². The zero-order chi connectivity index (χ0) is 14.9. The normalized spacial score (nSPS) is 9.95. The first-order valence-corrected chi connectivity index (χ1v) is 7.25. The van der Waals surface area contributed by atoms with Gasteiger partial charge in [0.2, 0.25) is 0 Å². The fourth-order valence-electron chi connectivity index (χ4n) is 1.88. The van der Waals surface area contributed by atoms with Crippen molar-refractivity contribution in [2.75, 3.05) is 17.2 Å². The Hall–Kier alpha value is -2.49. The van der Waals surface area contributed by atoms with Crippen molar-refractivity contribution in [1.29, 1.82) is 0 Å². The minimum absolute atomic E-state index is 0.160. The molecule has 0 atom stereocenters. The van der Waals surface area contributed by atoms with Crippen LogP contribution in [0.5, 0.6) is 0 Å². The Balaban J connectivity index is 1.85. The van der Waals surface area contributed by atoms with Gasteiger partial charge in [-0.3, -0.25) is 0 Å². The summed E-state index contributed by atoms with van der Waals surface area (Å²) in [7, 11) is 0. The number of carbonyl (C=O) groups excluding carboxylic acids is 1. The fourth-order valence-corrected chi connectivity index (χ4v) is 1.88. The van der Waals surface area contributed by atoms with E-state index < -0.39 is 0 Å². The first-order chi connectivity index (χ1) is 10.3. The topological polar surface area (TPSA) is 53.2 Å². The van der Waals surface area contributed by atoms with Gasteiger partial charge in [-0.2, -0.15) is 0 Å². The number of urea groups is 1. The molecule has 0 spiro atoms. The van der Waals surface area contributed by atoms with Crippen LogP contribution < -0.4 is 16.0 Å². The summed E-state index contributed by atoms with van der Waals surface area (Å²) in [5.41, 5.74) is 2.80. The highest BCUT2D eigenvalue weighted by Crippen LogP contribution is 2.18. The van der Waals surface area contributed by atoms with Gasteiger partial charge in [0.1, 0.15) is 0 Å². The molecule has 4 nitrogen and oxygen atoms in total. The standard InChI is InChI=1S/C17H21N3O/c1-2-3-13-18-17(21)20-16-11-9-15(10-12-16)19-14-7-5-4-6-8-14/h4-12,19H,2-3,13H2,1H3,(H2,18,20,21). The first kappa shape index (κ1) is 14.9. The predicted octanol–water partition coefficient (Wildman–Crippen LogP) is 4.35. The summed E-state index contributed by atoms with van der Waals surface area (Å²) in [5.74, 6) is 0. The van der Waals surface area contributed by atoms with E-state index in [-0.39, 0.29) is 6.03 Å². The molecule has 0 aliphatic heterocycles. The molecule has 0 heterocycles. The third-order valence-corrected chi connectivity index (χ3v) is 3.02. The van der Waals surface area contributed by atoms with Crippen molar-refractivity contribution < 1.29 is 4.79 Å². The van der Waals surface area contributed by atoms with Crippen LogP contribution >= 0.6 is 0 Å². The average molecular weight is 283 g/mol. The van der Waals surface area contributed by atoms with Crippen molar-refractivity contribution in [2.24, 2.45) is 0 Å². The van der Waals surface area contributed by atoms with Crippen LogP contribution in [0.25, 0.3) is 0 Å². The molecule has 0 saturated heterocycles. The van der Waals surface area contributed by atoms with Crippen molar-refractivity contribution >= 4 is 23.1 Å². The second-order valence-electron chi connectivity index (χ2n) is 4.80. The summed E-state index contributed by atoms with van der Waals surface area (Å²) in [6.45, 7) is 2.80. The molecule has 21 heavy (non-hydrogen) atoms. The lowest BCUT2D eigenvalue weighted by molar-refractivity contribution is 0.252. The molecule has 4 heteroatoms. The zero-order valence-corrected chi connectivity index (χ0v) is 12.2. The van der Waals surface area contributed by atoms with Gasteiger partial charge in [0.25, 0.3) is 0 Å². The molecular formula is C17H21N3O. The maximum atomic E-state index is 11.6. The van der Waals surface area contributed by atoms with Crippen molar-refractivity contribution in [1.82, 2.24) is 5.32 Å². The number of amides is 2. The third-order valence-electron chi connectivity index (χ3n) is 3.02. The Morgan fingerprint density at radius 3 is 2.19 bits per heavy atom. The highest BCUT2D eigenvalue weighted by molar-refractivity contribution is 5.89. The van der Waals surface area contributed by atoms with Gasteiger partial charge in [-0.1, -0.05) is 31.5 Å². The highest BCUT2D eigenvalue weighted by Gasteiger charge is 2.00. The Morgan fingerprint density at radius 2 is 1.52 bits per heavy atom. The van der Waals surface area contributed by atoms with E-state index in [0.29, 0.717) is 6.54 Å². The zero-order valence-electron chi connectivity index (χ0n) is 12.2. The molecule has 3 N–H and O–H groups in total. The number of benzene rings is 2. The van der Waals surface area contributed by atoms with Crippen LogP contribution in [0.3, 0.4) is 0 Å². The molecule has 0 bridgehead atoms. The average Bonchev–Trinajstić information content (AvgIpc) is 2.51. The molecular weight excluding hydrogens is 262 g/mol. The summed E-state index contributed by atoms with van der Waals surface area (Å²) < 4.78 is 0. The molecule has 110 valence electrons. The monoisotopic (exact) mass is 283 g/mol. The van der Waals surface area contributed by atoms with Gasteiger partial charge in [-0.15, -0.1) is 0 Å². The van der Waals surface area contributed by atoms with E-state index >= 15 is 0 Å². The summed E-state index contributed by atoms with van der Waals surface area (Å²) in [6, 6.07) is 17.4. The van der Waals surface area contributed by atoms with Gasteiger partial charge in [0.05, 0.1) is 0 Å². The Bertz CT molecular complexity index is 552. The van der Waals surface area contributed by atoms with Crippen molar-refractivity contribution in [3.05, 3.63) is 54.6 Å². The van der Waals surface area contributed by atoms with Crippen LogP contribution in [0.2, 0.25) is 0 Å². The minimum Gasteiger partial charge on any atom is -0.356 e. The van der Waals surface area contributed by atoms with Crippen LogP contribution in [-0.2, 0) is 0 Å². The number of hydrogen-bond acceptors (Lipinski definition) is 2. The lowest BCUT2D eigenvalue weighted by Crippen LogP contribution is -2.29. The molecule has 2 aromatic carbocycles. The van der Waals surface area contributed by atoms with E-state index in [2.05, 4.69) is 22.9 Å². The second kappa shape index (κ2) is 7.94. The van der Waals surface area contributed by atoms with E-state index in [1.165, 1.54) is 0 Å². The molecule has 0 aliphatic rings. The van der Waals surface area contributed by atoms with Crippen LogP contribution in [-0.4, -0.2) is 12.6 Å². The molecule has 0 saturated carbocycles. The van der Waals surface area contributed by atoms with E-state index in [4.69, 9.17) is 0 Å². The van der Waals surface area contributed by atoms with Crippen LogP contribution in [0.15, 0.2) is 54.6 Å². The van der Waals surface area contributed by atoms with E-state index in [9.17, 15) is 4.79 Å².